The summed E-state index contributed by atoms with van der Waals surface area (Å²) < 4.78 is 0. The lowest BCUT2D eigenvalue weighted by Gasteiger charge is -2.12. The third-order valence-corrected chi connectivity index (χ3v) is 4.43. The molecule has 110 valence electrons. The molecule has 2 N–H and O–H groups in total. The molecule has 2 aromatic heterocycles. The molecule has 1 aliphatic carbocycles. The first-order chi connectivity index (χ1) is 10.3. The van der Waals surface area contributed by atoms with Gasteiger partial charge in [0.15, 0.2) is 5.82 Å². The van der Waals surface area contributed by atoms with Crippen LogP contribution < -0.4 is 10.6 Å². The second-order valence-corrected chi connectivity index (χ2v) is 6.27. The molecule has 0 atom stereocenters. The molecule has 5 nitrogen and oxygen atoms in total. The minimum atomic E-state index is -0.0664. The largest absolute Gasteiger partial charge is 0.366 e. The minimum Gasteiger partial charge on any atom is -0.366 e. The molecule has 0 aromatic carbocycles. The number of hydrogen-bond acceptors (Lipinski definition) is 5. The van der Waals surface area contributed by atoms with Gasteiger partial charge in [0.25, 0.3) is 0 Å². The fourth-order valence-corrected chi connectivity index (χ4v) is 3.22. The molecule has 6 heteroatoms. The van der Waals surface area contributed by atoms with E-state index in [4.69, 9.17) is 0 Å². The number of nitrogens with zero attached hydrogens (tertiary/aromatic N) is 2. The molecule has 0 saturated heterocycles. The van der Waals surface area contributed by atoms with Gasteiger partial charge in [-0.3, -0.25) is 4.79 Å². The summed E-state index contributed by atoms with van der Waals surface area (Å²) in [5, 5.41) is 16.3. The van der Waals surface area contributed by atoms with E-state index in [9.17, 15) is 4.79 Å². The number of thiophene rings is 1. The Morgan fingerprint density at radius 1 is 1.19 bits per heavy atom. The maximum absolute atomic E-state index is 11.9. The number of aromatic nitrogens is 2. The second kappa shape index (κ2) is 6.67. The van der Waals surface area contributed by atoms with Crippen LogP contribution in [0.4, 0.5) is 11.6 Å². The van der Waals surface area contributed by atoms with Crippen molar-refractivity contribution in [2.24, 2.45) is 0 Å². The molecule has 0 spiro atoms. The topological polar surface area (TPSA) is 66.9 Å². The molecule has 1 amide bonds. The van der Waals surface area contributed by atoms with E-state index >= 15 is 0 Å². The quantitative estimate of drug-likeness (QED) is 0.890. The van der Waals surface area contributed by atoms with Gasteiger partial charge in [0.05, 0.1) is 6.42 Å². The molecule has 3 rings (SSSR count). The minimum absolute atomic E-state index is 0.0664. The van der Waals surface area contributed by atoms with E-state index in [-0.39, 0.29) is 5.91 Å². The molecule has 1 saturated carbocycles. The van der Waals surface area contributed by atoms with Crippen LogP contribution in [0.2, 0.25) is 0 Å². The van der Waals surface area contributed by atoms with Gasteiger partial charge in [0.1, 0.15) is 5.82 Å². The van der Waals surface area contributed by atoms with Crippen molar-refractivity contribution in [2.45, 2.75) is 38.1 Å². The summed E-state index contributed by atoms with van der Waals surface area (Å²) in [4.78, 5) is 12.9. The van der Waals surface area contributed by atoms with Crippen molar-refractivity contribution in [1.29, 1.82) is 0 Å². The van der Waals surface area contributed by atoms with E-state index in [2.05, 4.69) is 20.8 Å². The van der Waals surface area contributed by atoms with E-state index in [0.717, 1.165) is 10.7 Å². The van der Waals surface area contributed by atoms with Crippen LogP contribution in [0.1, 0.15) is 30.6 Å². The molecule has 2 heterocycles. The van der Waals surface area contributed by atoms with E-state index in [1.165, 1.54) is 25.7 Å². The number of amides is 1. The Labute approximate surface area is 127 Å². The van der Waals surface area contributed by atoms with Crippen LogP contribution in [0, 0.1) is 0 Å². The zero-order chi connectivity index (χ0) is 14.5. The van der Waals surface area contributed by atoms with Gasteiger partial charge in [0.2, 0.25) is 5.91 Å². The molecular formula is C15H18N4OS. The number of nitrogens with one attached hydrogen (secondary N) is 2. The Hall–Kier alpha value is -1.95. The van der Waals surface area contributed by atoms with Crippen LogP contribution in [0.3, 0.4) is 0 Å². The summed E-state index contributed by atoms with van der Waals surface area (Å²) in [5.41, 5.74) is 0. The Morgan fingerprint density at radius 3 is 2.62 bits per heavy atom. The monoisotopic (exact) mass is 302 g/mol. The van der Waals surface area contributed by atoms with Crippen LogP contribution in [0.25, 0.3) is 0 Å². The van der Waals surface area contributed by atoms with Crippen molar-refractivity contribution >= 4 is 28.9 Å². The zero-order valence-electron chi connectivity index (χ0n) is 11.7. The van der Waals surface area contributed by atoms with Crippen molar-refractivity contribution < 1.29 is 4.79 Å². The second-order valence-electron chi connectivity index (χ2n) is 5.23. The molecule has 2 aromatic rings. The molecule has 0 aliphatic heterocycles. The summed E-state index contributed by atoms with van der Waals surface area (Å²) in [5.74, 6) is 1.20. The summed E-state index contributed by atoms with van der Waals surface area (Å²) >= 11 is 1.58. The van der Waals surface area contributed by atoms with E-state index in [1.807, 2.05) is 23.6 Å². The third-order valence-electron chi connectivity index (χ3n) is 3.55. The van der Waals surface area contributed by atoms with Crippen LogP contribution in [0.5, 0.6) is 0 Å². The standard InChI is InChI=1S/C15H18N4OS/c20-15(10-12-6-3-9-21-12)17-14-8-7-13(18-19-14)16-11-4-1-2-5-11/h3,6-9,11H,1-2,4-5,10H2,(H,16,18)(H,17,19,20). The Kier molecular flexibility index (Phi) is 4.45. The van der Waals surface area contributed by atoms with Crippen LogP contribution >= 0.6 is 11.3 Å². The molecule has 1 fully saturated rings. The fourth-order valence-electron chi connectivity index (χ4n) is 2.51. The highest BCUT2D eigenvalue weighted by Gasteiger charge is 2.15. The van der Waals surface area contributed by atoms with Crippen molar-refractivity contribution in [1.82, 2.24) is 10.2 Å². The predicted octanol–water partition coefficient (Wildman–Crippen LogP) is 3.07. The van der Waals surface area contributed by atoms with Gasteiger partial charge < -0.3 is 10.6 Å². The number of rotatable bonds is 5. The SMILES string of the molecule is O=C(Cc1cccs1)Nc1ccc(NC2CCCC2)nn1. The lowest BCUT2D eigenvalue weighted by atomic mass is 10.2. The summed E-state index contributed by atoms with van der Waals surface area (Å²) in [6.45, 7) is 0. The summed E-state index contributed by atoms with van der Waals surface area (Å²) in [6, 6.07) is 8.06. The average Bonchev–Trinajstić information content (AvgIpc) is 3.14. The highest BCUT2D eigenvalue weighted by atomic mass is 32.1. The van der Waals surface area contributed by atoms with E-state index in [0.29, 0.717) is 18.3 Å². The first-order valence-corrected chi connectivity index (χ1v) is 8.10. The lowest BCUT2D eigenvalue weighted by molar-refractivity contribution is -0.115. The van der Waals surface area contributed by atoms with Crippen molar-refractivity contribution in [3.63, 3.8) is 0 Å². The van der Waals surface area contributed by atoms with Gasteiger partial charge in [-0.15, -0.1) is 21.5 Å². The molecule has 0 bridgehead atoms. The van der Waals surface area contributed by atoms with Gasteiger partial charge in [0, 0.05) is 10.9 Å². The van der Waals surface area contributed by atoms with Gasteiger partial charge >= 0.3 is 0 Å². The summed E-state index contributed by atoms with van der Waals surface area (Å²) in [6.07, 6.45) is 5.33. The number of carbonyl (C=O) groups is 1. The number of carbonyl (C=O) groups excluding carboxylic acids is 1. The first kappa shape index (κ1) is 14.0. The van der Waals surface area contributed by atoms with Gasteiger partial charge in [-0.25, -0.2) is 0 Å². The highest BCUT2D eigenvalue weighted by molar-refractivity contribution is 7.10. The van der Waals surface area contributed by atoms with Crippen molar-refractivity contribution in [2.75, 3.05) is 10.6 Å². The predicted molar refractivity (Wildman–Crippen MR) is 84.6 cm³/mol. The lowest BCUT2D eigenvalue weighted by Crippen LogP contribution is -2.17. The summed E-state index contributed by atoms with van der Waals surface area (Å²) in [7, 11) is 0. The van der Waals surface area contributed by atoms with Crippen LogP contribution in [0.15, 0.2) is 29.6 Å². The number of anilines is 2. The van der Waals surface area contributed by atoms with Crippen LogP contribution in [-0.2, 0) is 11.2 Å². The Bertz CT molecular complexity index is 576. The van der Waals surface area contributed by atoms with Gasteiger partial charge in [-0.05, 0) is 36.4 Å². The van der Waals surface area contributed by atoms with Crippen LogP contribution in [-0.4, -0.2) is 22.1 Å². The zero-order valence-corrected chi connectivity index (χ0v) is 12.5. The highest BCUT2D eigenvalue weighted by Crippen LogP contribution is 2.21. The van der Waals surface area contributed by atoms with Crippen molar-refractivity contribution in [3.8, 4) is 0 Å². The normalized spacial score (nSPS) is 15.0. The Morgan fingerprint density at radius 2 is 1.95 bits per heavy atom. The van der Waals surface area contributed by atoms with Gasteiger partial charge in [-0.1, -0.05) is 18.9 Å². The third kappa shape index (κ3) is 4.01. The number of hydrogen-bond donors (Lipinski definition) is 2. The maximum atomic E-state index is 11.9. The molecule has 0 radical (unpaired) electrons. The fraction of sp³-hybridized carbons (Fsp3) is 0.400. The average molecular weight is 302 g/mol. The van der Waals surface area contributed by atoms with Gasteiger partial charge in [-0.2, -0.15) is 0 Å². The molecule has 0 unspecified atom stereocenters. The van der Waals surface area contributed by atoms with E-state index < -0.39 is 0 Å². The van der Waals surface area contributed by atoms with Crippen molar-refractivity contribution in [3.05, 3.63) is 34.5 Å². The smallest absolute Gasteiger partial charge is 0.230 e. The Balaban J connectivity index is 1.52. The van der Waals surface area contributed by atoms with E-state index in [1.54, 1.807) is 17.4 Å². The molecular weight excluding hydrogens is 284 g/mol. The first-order valence-electron chi connectivity index (χ1n) is 7.22. The molecule has 21 heavy (non-hydrogen) atoms. The molecule has 1 aliphatic rings. The maximum Gasteiger partial charge on any atom is 0.230 e.